The van der Waals surface area contributed by atoms with Crippen molar-refractivity contribution in [2.24, 2.45) is 0 Å². The maximum atomic E-state index is 12.1. The number of aryl methyl sites for hydroxylation is 1. The second kappa shape index (κ2) is 4.55. The van der Waals surface area contributed by atoms with Crippen LogP contribution in [-0.2, 0) is 0 Å². The Labute approximate surface area is 104 Å². The number of benzene rings is 1. The number of rotatable bonds is 2. The molecule has 0 aliphatic heterocycles. The van der Waals surface area contributed by atoms with E-state index in [-0.39, 0.29) is 5.91 Å². The summed E-state index contributed by atoms with van der Waals surface area (Å²) in [6.45, 7) is 2.01. The molecule has 1 aromatic heterocycles. The lowest BCUT2D eigenvalue weighted by Gasteiger charge is -2.16. The van der Waals surface area contributed by atoms with Crippen LogP contribution in [0.3, 0.4) is 0 Å². The number of nitrogens with zero attached hydrogens (tertiary/aromatic N) is 2. The van der Waals surface area contributed by atoms with E-state index in [0.717, 1.165) is 11.3 Å². The molecule has 0 saturated carbocycles. The molecule has 0 bridgehead atoms. The second-order valence-corrected chi connectivity index (χ2v) is 4.66. The molecule has 0 spiro atoms. The Hall–Kier alpha value is -1.88. The zero-order chi connectivity index (χ0) is 12.4. The second-order valence-electron chi connectivity index (χ2n) is 3.77. The summed E-state index contributed by atoms with van der Waals surface area (Å²) >= 11 is 1.27. The van der Waals surface area contributed by atoms with E-state index in [2.05, 4.69) is 4.98 Å². The fourth-order valence-corrected chi connectivity index (χ4v) is 1.98. The molecule has 1 heterocycles. The summed E-state index contributed by atoms with van der Waals surface area (Å²) in [5.74, 6) is -0.151. The van der Waals surface area contributed by atoms with Gasteiger partial charge in [0.05, 0.1) is 0 Å². The average Bonchev–Trinajstić information content (AvgIpc) is 2.75. The summed E-state index contributed by atoms with van der Waals surface area (Å²) in [5.41, 5.74) is 7.90. The Balaban J connectivity index is 2.23. The van der Waals surface area contributed by atoms with Crippen LogP contribution in [0.15, 0.2) is 29.6 Å². The van der Waals surface area contributed by atoms with Crippen LogP contribution in [0, 0.1) is 6.92 Å². The third-order valence-electron chi connectivity index (χ3n) is 2.47. The zero-order valence-corrected chi connectivity index (χ0v) is 10.5. The number of hydrogen-bond acceptors (Lipinski definition) is 4. The van der Waals surface area contributed by atoms with Crippen molar-refractivity contribution in [1.82, 2.24) is 4.98 Å². The summed E-state index contributed by atoms with van der Waals surface area (Å²) < 4.78 is 0. The van der Waals surface area contributed by atoms with Gasteiger partial charge in [-0.15, -0.1) is 11.3 Å². The van der Waals surface area contributed by atoms with Crippen LogP contribution in [0.2, 0.25) is 0 Å². The van der Waals surface area contributed by atoms with E-state index in [1.165, 1.54) is 11.3 Å². The van der Waals surface area contributed by atoms with Crippen molar-refractivity contribution in [2.75, 3.05) is 17.7 Å². The van der Waals surface area contributed by atoms with E-state index in [4.69, 9.17) is 5.73 Å². The number of nitrogen functional groups attached to an aromatic ring is 1. The summed E-state index contributed by atoms with van der Waals surface area (Å²) in [6.07, 6.45) is 0. The van der Waals surface area contributed by atoms with Gasteiger partial charge in [-0.3, -0.25) is 4.79 Å². The molecule has 17 heavy (non-hydrogen) atoms. The molecule has 88 valence electrons. The summed E-state index contributed by atoms with van der Waals surface area (Å²) in [4.78, 5) is 17.6. The lowest BCUT2D eigenvalue weighted by Crippen LogP contribution is -2.26. The topological polar surface area (TPSA) is 59.2 Å². The standard InChI is InChI=1S/C12H13N3OS/c1-8-3-5-9(6-4-8)15(2)11(16)10-7-17-12(13)14-10/h3-7H,1-2H3,(H2,13,14). The highest BCUT2D eigenvalue weighted by Gasteiger charge is 2.15. The van der Waals surface area contributed by atoms with Crippen LogP contribution < -0.4 is 10.6 Å². The molecule has 0 saturated heterocycles. The Bertz CT molecular complexity index is 533. The Morgan fingerprint density at radius 1 is 1.35 bits per heavy atom. The molecule has 2 rings (SSSR count). The van der Waals surface area contributed by atoms with E-state index >= 15 is 0 Å². The average molecular weight is 247 g/mol. The summed E-state index contributed by atoms with van der Waals surface area (Å²) in [6, 6.07) is 7.75. The van der Waals surface area contributed by atoms with Crippen molar-refractivity contribution in [3.05, 3.63) is 40.9 Å². The fraction of sp³-hybridized carbons (Fsp3) is 0.167. The van der Waals surface area contributed by atoms with Crippen molar-refractivity contribution in [1.29, 1.82) is 0 Å². The summed E-state index contributed by atoms with van der Waals surface area (Å²) in [5, 5.41) is 2.08. The summed E-state index contributed by atoms with van der Waals surface area (Å²) in [7, 11) is 1.72. The molecule has 0 radical (unpaired) electrons. The number of anilines is 2. The van der Waals surface area contributed by atoms with Gasteiger partial charge in [0.15, 0.2) is 5.13 Å². The van der Waals surface area contributed by atoms with Crippen molar-refractivity contribution >= 4 is 28.1 Å². The van der Waals surface area contributed by atoms with E-state index in [1.807, 2.05) is 31.2 Å². The van der Waals surface area contributed by atoms with Gasteiger partial charge >= 0.3 is 0 Å². The number of nitrogens with two attached hydrogens (primary N) is 1. The number of thiazole rings is 1. The molecular formula is C12H13N3OS. The van der Waals surface area contributed by atoms with Crippen molar-refractivity contribution in [3.8, 4) is 0 Å². The zero-order valence-electron chi connectivity index (χ0n) is 9.68. The Morgan fingerprint density at radius 3 is 2.53 bits per heavy atom. The predicted molar refractivity (Wildman–Crippen MR) is 70.4 cm³/mol. The van der Waals surface area contributed by atoms with Crippen LogP contribution in [0.5, 0.6) is 0 Å². The molecule has 0 aliphatic rings. The normalized spacial score (nSPS) is 10.2. The molecular weight excluding hydrogens is 234 g/mol. The van der Waals surface area contributed by atoms with Crippen LogP contribution in [0.25, 0.3) is 0 Å². The highest BCUT2D eigenvalue weighted by atomic mass is 32.1. The number of hydrogen-bond donors (Lipinski definition) is 1. The van der Waals surface area contributed by atoms with Gasteiger partial charge in [-0.2, -0.15) is 0 Å². The molecule has 0 atom stereocenters. The molecule has 5 heteroatoms. The molecule has 4 nitrogen and oxygen atoms in total. The van der Waals surface area contributed by atoms with Gasteiger partial charge < -0.3 is 10.6 Å². The highest BCUT2D eigenvalue weighted by Crippen LogP contribution is 2.18. The van der Waals surface area contributed by atoms with Crippen LogP contribution >= 0.6 is 11.3 Å². The van der Waals surface area contributed by atoms with Gasteiger partial charge in [0.25, 0.3) is 5.91 Å². The van der Waals surface area contributed by atoms with Gasteiger partial charge in [-0.1, -0.05) is 17.7 Å². The number of amides is 1. The smallest absolute Gasteiger partial charge is 0.277 e. The first-order valence-corrected chi connectivity index (χ1v) is 6.01. The Morgan fingerprint density at radius 2 is 2.00 bits per heavy atom. The molecule has 1 amide bonds. The minimum absolute atomic E-state index is 0.151. The largest absolute Gasteiger partial charge is 0.375 e. The highest BCUT2D eigenvalue weighted by molar-refractivity contribution is 7.13. The van der Waals surface area contributed by atoms with Gasteiger partial charge in [0.1, 0.15) is 5.69 Å². The maximum absolute atomic E-state index is 12.1. The molecule has 0 aliphatic carbocycles. The monoisotopic (exact) mass is 247 g/mol. The molecule has 2 N–H and O–H groups in total. The fourth-order valence-electron chi connectivity index (χ4n) is 1.44. The number of carbonyl (C=O) groups excluding carboxylic acids is 1. The van der Waals surface area contributed by atoms with E-state index < -0.39 is 0 Å². The quantitative estimate of drug-likeness (QED) is 0.886. The lowest BCUT2D eigenvalue weighted by molar-refractivity contribution is 0.0989. The minimum Gasteiger partial charge on any atom is -0.375 e. The molecule has 0 fully saturated rings. The van der Waals surface area contributed by atoms with Crippen molar-refractivity contribution in [3.63, 3.8) is 0 Å². The van der Waals surface area contributed by atoms with Gasteiger partial charge in [-0.25, -0.2) is 4.98 Å². The molecule has 1 aromatic carbocycles. The van der Waals surface area contributed by atoms with E-state index in [1.54, 1.807) is 17.3 Å². The van der Waals surface area contributed by atoms with Crippen LogP contribution in [0.1, 0.15) is 16.1 Å². The first-order valence-electron chi connectivity index (χ1n) is 5.13. The van der Waals surface area contributed by atoms with Gasteiger partial charge in [-0.05, 0) is 19.1 Å². The van der Waals surface area contributed by atoms with Crippen LogP contribution in [-0.4, -0.2) is 17.9 Å². The van der Waals surface area contributed by atoms with Gasteiger partial charge in [0.2, 0.25) is 0 Å². The molecule has 2 aromatic rings. The minimum atomic E-state index is -0.151. The lowest BCUT2D eigenvalue weighted by atomic mass is 10.2. The van der Waals surface area contributed by atoms with Crippen molar-refractivity contribution in [2.45, 2.75) is 6.92 Å². The van der Waals surface area contributed by atoms with Crippen LogP contribution in [0.4, 0.5) is 10.8 Å². The van der Waals surface area contributed by atoms with E-state index in [9.17, 15) is 4.79 Å². The van der Waals surface area contributed by atoms with Crippen molar-refractivity contribution < 1.29 is 4.79 Å². The SMILES string of the molecule is Cc1ccc(N(C)C(=O)c2csc(N)n2)cc1. The number of carbonyl (C=O) groups is 1. The predicted octanol–water partition coefficient (Wildman–Crippen LogP) is 2.31. The first kappa shape index (κ1) is 11.6. The van der Waals surface area contributed by atoms with E-state index in [0.29, 0.717) is 10.8 Å². The third-order valence-corrected chi connectivity index (χ3v) is 3.14. The third kappa shape index (κ3) is 2.45. The Kier molecular flexibility index (Phi) is 3.10. The van der Waals surface area contributed by atoms with Gasteiger partial charge in [0, 0.05) is 18.1 Å². The molecule has 0 unspecified atom stereocenters. The number of aromatic nitrogens is 1. The first-order chi connectivity index (χ1) is 8.08. The maximum Gasteiger partial charge on any atom is 0.277 e.